The van der Waals surface area contributed by atoms with E-state index in [4.69, 9.17) is 11.6 Å². The van der Waals surface area contributed by atoms with Crippen molar-refractivity contribution in [2.45, 2.75) is 0 Å². The topological polar surface area (TPSA) is 54.0 Å². The molecule has 3 rings (SSSR count). The second kappa shape index (κ2) is 7.45. The third-order valence-corrected chi connectivity index (χ3v) is 3.67. The van der Waals surface area contributed by atoms with Crippen LogP contribution in [0.3, 0.4) is 0 Å². The van der Waals surface area contributed by atoms with E-state index in [0.717, 1.165) is 12.1 Å². The minimum atomic E-state index is -1.59. The van der Waals surface area contributed by atoms with Gasteiger partial charge >= 0.3 is 0 Å². The lowest BCUT2D eigenvalue weighted by atomic mass is 10.2. The molecule has 0 atom stereocenters. The third kappa shape index (κ3) is 3.94. The average molecular weight is 378 g/mol. The first-order valence-corrected chi connectivity index (χ1v) is 7.75. The maximum Gasteiger partial charge on any atom is 0.255 e. The molecule has 0 aliphatic heterocycles. The lowest BCUT2D eigenvalue weighted by Crippen LogP contribution is -2.12. The standard InChI is InChI=1S/C18H11ClF3N3O/c19-11-1-3-12(4-2-11)24-18(26)10-7-8-23-15(9-10)25-14-6-5-13(20)16(21)17(14)22/h1-9H,(H,23,25)(H,24,26). The van der Waals surface area contributed by atoms with Crippen LogP contribution in [-0.4, -0.2) is 10.9 Å². The Morgan fingerprint density at radius 2 is 1.69 bits per heavy atom. The Bertz CT molecular complexity index is 964. The summed E-state index contributed by atoms with van der Waals surface area (Å²) in [4.78, 5) is 16.2. The zero-order valence-electron chi connectivity index (χ0n) is 13.1. The molecule has 0 saturated heterocycles. The smallest absolute Gasteiger partial charge is 0.255 e. The fourth-order valence-electron chi connectivity index (χ4n) is 2.14. The SMILES string of the molecule is O=C(Nc1ccc(Cl)cc1)c1ccnc(Nc2ccc(F)c(F)c2F)c1. The molecule has 0 fully saturated rings. The summed E-state index contributed by atoms with van der Waals surface area (Å²) in [5.41, 5.74) is 0.476. The molecular formula is C18H11ClF3N3O. The van der Waals surface area contributed by atoms with Crippen molar-refractivity contribution in [3.8, 4) is 0 Å². The number of anilines is 3. The maximum absolute atomic E-state index is 13.7. The number of aromatic nitrogens is 1. The fourth-order valence-corrected chi connectivity index (χ4v) is 2.26. The number of amides is 1. The normalized spacial score (nSPS) is 10.5. The Morgan fingerprint density at radius 1 is 0.962 bits per heavy atom. The van der Waals surface area contributed by atoms with Crippen LogP contribution >= 0.6 is 11.6 Å². The number of halogens is 4. The van der Waals surface area contributed by atoms with Gasteiger partial charge < -0.3 is 10.6 Å². The van der Waals surface area contributed by atoms with E-state index in [1.54, 1.807) is 24.3 Å². The first-order valence-electron chi connectivity index (χ1n) is 7.37. The van der Waals surface area contributed by atoms with Gasteiger partial charge in [-0.2, -0.15) is 0 Å². The molecule has 0 saturated carbocycles. The summed E-state index contributed by atoms with van der Waals surface area (Å²) < 4.78 is 40.0. The van der Waals surface area contributed by atoms with Crippen LogP contribution in [0.5, 0.6) is 0 Å². The molecule has 4 nitrogen and oxygen atoms in total. The van der Waals surface area contributed by atoms with Gasteiger partial charge in [-0.05, 0) is 48.5 Å². The van der Waals surface area contributed by atoms with Crippen molar-refractivity contribution in [2.24, 2.45) is 0 Å². The Morgan fingerprint density at radius 3 is 2.42 bits per heavy atom. The van der Waals surface area contributed by atoms with Gasteiger partial charge in [-0.25, -0.2) is 18.2 Å². The highest BCUT2D eigenvalue weighted by Crippen LogP contribution is 2.23. The predicted molar refractivity (Wildman–Crippen MR) is 93.2 cm³/mol. The monoisotopic (exact) mass is 377 g/mol. The van der Waals surface area contributed by atoms with E-state index in [1.165, 1.54) is 18.3 Å². The van der Waals surface area contributed by atoms with E-state index < -0.39 is 23.4 Å². The highest BCUT2D eigenvalue weighted by Gasteiger charge is 2.14. The molecule has 0 aliphatic rings. The molecule has 1 aromatic heterocycles. The number of benzene rings is 2. The van der Waals surface area contributed by atoms with Crippen LogP contribution in [0.15, 0.2) is 54.7 Å². The van der Waals surface area contributed by atoms with Gasteiger partial charge in [0.25, 0.3) is 5.91 Å². The Balaban J connectivity index is 1.79. The Kier molecular flexibility index (Phi) is 5.09. The quantitative estimate of drug-likeness (QED) is 0.618. The molecule has 0 bridgehead atoms. The van der Waals surface area contributed by atoms with Crippen LogP contribution in [-0.2, 0) is 0 Å². The van der Waals surface area contributed by atoms with E-state index in [1.807, 2.05) is 0 Å². The number of rotatable bonds is 4. The minimum absolute atomic E-state index is 0.0960. The second-order valence-corrected chi connectivity index (χ2v) is 5.68. The molecule has 8 heteroatoms. The molecule has 0 spiro atoms. The van der Waals surface area contributed by atoms with Gasteiger partial charge in [-0.3, -0.25) is 4.79 Å². The van der Waals surface area contributed by atoms with Crippen molar-refractivity contribution in [2.75, 3.05) is 10.6 Å². The van der Waals surface area contributed by atoms with Crippen LogP contribution in [0, 0.1) is 17.5 Å². The summed E-state index contributed by atoms with van der Waals surface area (Å²) in [5.74, 6) is -4.59. The molecule has 1 heterocycles. The molecule has 0 unspecified atom stereocenters. The molecule has 1 amide bonds. The lowest BCUT2D eigenvalue weighted by Gasteiger charge is -2.09. The molecule has 2 N–H and O–H groups in total. The van der Waals surface area contributed by atoms with Crippen molar-refractivity contribution in [1.29, 1.82) is 0 Å². The van der Waals surface area contributed by atoms with Gasteiger partial charge in [0.15, 0.2) is 17.5 Å². The first-order chi connectivity index (χ1) is 12.4. The zero-order chi connectivity index (χ0) is 18.7. The summed E-state index contributed by atoms with van der Waals surface area (Å²) in [7, 11) is 0. The minimum Gasteiger partial charge on any atom is -0.338 e. The van der Waals surface area contributed by atoms with Crippen molar-refractivity contribution in [1.82, 2.24) is 4.98 Å². The molecule has 0 radical (unpaired) electrons. The van der Waals surface area contributed by atoms with Gasteiger partial charge in [0.2, 0.25) is 0 Å². The summed E-state index contributed by atoms with van der Waals surface area (Å²) in [5, 5.41) is 5.72. The Hall–Kier alpha value is -3.06. The van der Waals surface area contributed by atoms with Crippen molar-refractivity contribution in [3.05, 3.63) is 82.8 Å². The van der Waals surface area contributed by atoms with Crippen LogP contribution in [0.25, 0.3) is 0 Å². The summed E-state index contributed by atoms with van der Waals surface area (Å²) in [6.07, 6.45) is 1.33. The van der Waals surface area contributed by atoms with E-state index in [0.29, 0.717) is 10.7 Å². The summed E-state index contributed by atoms with van der Waals surface area (Å²) in [6.45, 7) is 0. The highest BCUT2D eigenvalue weighted by atomic mass is 35.5. The van der Waals surface area contributed by atoms with Gasteiger partial charge in [0.1, 0.15) is 5.82 Å². The molecule has 26 heavy (non-hydrogen) atoms. The average Bonchev–Trinajstić information content (AvgIpc) is 2.64. The van der Waals surface area contributed by atoms with E-state index in [-0.39, 0.29) is 17.1 Å². The van der Waals surface area contributed by atoms with Crippen molar-refractivity contribution >= 4 is 34.7 Å². The molecule has 2 aromatic carbocycles. The third-order valence-electron chi connectivity index (χ3n) is 3.42. The number of nitrogens with zero attached hydrogens (tertiary/aromatic N) is 1. The first kappa shape index (κ1) is 17.8. The Labute approximate surface area is 151 Å². The van der Waals surface area contributed by atoms with Gasteiger partial charge in [-0.15, -0.1) is 0 Å². The number of hydrogen-bond acceptors (Lipinski definition) is 3. The number of carbonyl (C=O) groups is 1. The largest absolute Gasteiger partial charge is 0.338 e. The summed E-state index contributed by atoms with van der Waals surface area (Å²) >= 11 is 5.79. The lowest BCUT2D eigenvalue weighted by molar-refractivity contribution is 0.102. The van der Waals surface area contributed by atoms with Crippen LogP contribution < -0.4 is 10.6 Å². The van der Waals surface area contributed by atoms with E-state index in [2.05, 4.69) is 15.6 Å². The summed E-state index contributed by atoms with van der Waals surface area (Å²) in [6, 6.07) is 11.2. The second-order valence-electron chi connectivity index (χ2n) is 5.24. The molecule has 0 aliphatic carbocycles. The molecular weight excluding hydrogens is 367 g/mol. The van der Waals surface area contributed by atoms with Crippen molar-refractivity contribution < 1.29 is 18.0 Å². The van der Waals surface area contributed by atoms with Gasteiger partial charge in [-0.1, -0.05) is 11.6 Å². The number of nitrogens with one attached hydrogen (secondary N) is 2. The number of hydrogen-bond donors (Lipinski definition) is 2. The van der Waals surface area contributed by atoms with Crippen LogP contribution in [0.2, 0.25) is 5.02 Å². The number of pyridine rings is 1. The van der Waals surface area contributed by atoms with Crippen molar-refractivity contribution in [3.63, 3.8) is 0 Å². The van der Waals surface area contributed by atoms with Gasteiger partial charge in [0.05, 0.1) is 5.69 Å². The van der Waals surface area contributed by atoms with Crippen LogP contribution in [0.1, 0.15) is 10.4 Å². The molecule has 132 valence electrons. The van der Waals surface area contributed by atoms with Gasteiger partial charge in [0, 0.05) is 22.5 Å². The zero-order valence-corrected chi connectivity index (χ0v) is 13.8. The number of carbonyl (C=O) groups excluding carboxylic acids is 1. The molecule has 3 aromatic rings. The fraction of sp³-hybridized carbons (Fsp3) is 0. The van der Waals surface area contributed by atoms with Crippen LogP contribution in [0.4, 0.5) is 30.4 Å². The van der Waals surface area contributed by atoms with E-state index >= 15 is 0 Å². The van der Waals surface area contributed by atoms with E-state index in [9.17, 15) is 18.0 Å². The maximum atomic E-state index is 13.7. The predicted octanol–water partition coefficient (Wildman–Crippen LogP) is 5.15. The highest BCUT2D eigenvalue weighted by molar-refractivity contribution is 6.30.